The van der Waals surface area contributed by atoms with E-state index in [2.05, 4.69) is 20.3 Å². The number of nitrogens with zero attached hydrogens (tertiary/aromatic N) is 3. The molecule has 31 heavy (non-hydrogen) atoms. The molecule has 1 aromatic heterocycles. The Balaban J connectivity index is 1.53. The van der Waals surface area contributed by atoms with Crippen LogP contribution in [0.2, 0.25) is 0 Å². The van der Waals surface area contributed by atoms with E-state index in [4.69, 9.17) is 5.73 Å². The van der Waals surface area contributed by atoms with Gasteiger partial charge in [0.05, 0.1) is 5.71 Å². The molecule has 6 heteroatoms. The van der Waals surface area contributed by atoms with Gasteiger partial charge in [-0.3, -0.25) is 4.99 Å². The Bertz CT molecular complexity index is 1260. The maximum absolute atomic E-state index is 15.1. The molecule has 1 heterocycles. The van der Waals surface area contributed by atoms with Gasteiger partial charge in [-0.15, -0.1) is 0 Å². The molecule has 0 radical (unpaired) electrons. The Hall–Kier alpha value is -4.06. The standard InChI is InChI=1S/C25H22FN5/c1-28-22(12-13-27)19-8-6-17(7-9-19)15-29-25-23(26)24(30-16-31-25)21-11-10-18-4-2-3-5-20(18)14-21/h2-14,16H,15,27H2,1H3,(H,29,30,31). The van der Waals surface area contributed by atoms with E-state index in [1.165, 1.54) is 12.5 Å². The maximum atomic E-state index is 15.1. The SMILES string of the molecule is CN=C(C=CN)c1ccc(CNc2ncnc(-c3ccc4ccccc4c3)c2F)cc1. The monoisotopic (exact) mass is 411 g/mol. The summed E-state index contributed by atoms with van der Waals surface area (Å²) in [4.78, 5) is 12.5. The molecule has 0 unspecified atom stereocenters. The first-order chi connectivity index (χ1) is 15.2. The third-order valence-electron chi connectivity index (χ3n) is 5.02. The van der Waals surface area contributed by atoms with Crippen molar-refractivity contribution in [3.05, 3.63) is 102 Å². The lowest BCUT2D eigenvalue weighted by molar-refractivity contribution is 0.621. The van der Waals surface area contributed by atoms with Crippen LogP contribution in [-0.2, 0) is 6.54 Å². The molecule has 0 saturated heterocycles. The number of nitrogens with two attached hydrogens (primary N) is 1. The van der Waals surface area contributed by atoms with E-state index in [9.17, 15) is 0 Å². The number of aromatic nitrogens is 2. The van der Waals surface area contributed by atoms with Crippen LogP contribution < -0.4 is 11.1 Å². The zero-order chi connectivity index (χ0) is 21.6. The Labute approximate surface area is 180 Å². The summed E-state index contributed by atoms with van der Waals surface area (Å²) >= 11 is 0. The predicted octanol–water partition coefficient (Wildman–Crippen LogP) is 4.94. The van der Waals surface area contributed by atoms with Crippen molar-refractivity contribution in [1.29, 1.82) is 0 Å². The number of halogens is 1. The summed E-state index contributed by atoms with van der Waals surface area (Å²) in [5, 5.41) is 5.21. The first-order valence-electron chi connectivity index (χ1n) is 9.87. The normalized spacial score (nSPS) is 11.9. The van der Waals surface area contributed by atoms with Crippen LogP contribution in [0.25, 0.3) is 22.0 Å². The molecular weight excluding hydrogens is 389 g/mol. The molecule has 5 nitrogen and oxygen atoms in total. The molecular formula is C25H22FN5. The molecule has 0 spiro atoms. The van der Waals surface area contributed by atoms with Crippen LogP contribution in [-0.4, -0.2) is 22.7 Å². The molecule has 0 atom stereocenters. The number of hydrogen-bond acceptors (Lipinski definition) is 5. The summed E-state index contributed by atoms with van der Waals surface area (Å²) in [7, 11) is 1.72. The number of fused-ring (bicyclic) bond motifs is 1. The van der Waals surface area contributed by atoms with E-state index in [0.717, 1.165) is 27.6 Å². The van der Waals surface area contributed by atoms with Crippen LogP contribution in [0.1, 0.15) is 11.1 Å². The fourth-order valence-electron chi connectivity index (χ4n) is 3.40. The third-order valence-corrected chi connectivity index (χ3v) is 5.02. The highest BCUT2D eigenvalue weighted by molar-refractivity contribution is 6.08. The van der Waals surface area contributed by atoms with E-state index in [-0.39, 0.29) is 11.5 Å². The number of anilines is 1. The van der Waals surface area contributed by atoms with Crippen LogP contribution in [0, 0.1) is 5.82 Å². The Morgan fingerprint density at radius 1 is 1.03 bits per heavy atom. The fourth-order valence-corrected chi connectivity index (χ4v) is 3.40. The molecule has 3 N–H and O–H groups in total. The van der Waals surface area contributed by atoms with Crippen LogP contribution in [0.15, 0.2) is 90.3 Å². The zero-order valence-electron chi connectivity index (χ0n) is 17.1. The largest absolute Gasteiger partial charge is 0.405 e. The van der Waals surface area contributed by atoms with E-state index in [1.54, 1.807) is 13.1 Å². The summed E-state index contributed by atoms with van der Waals surface area (Å²) in [6, 6.07) is 21.6. The van der Waals surface area contributed by atoms with Gasteiger partial charge in [0.25, 0.3) is 0 Å². The number of nitrogens with one attached hydrogen (secondary N) is 1. The molecule has 154 valence electrons. The molecule has 0 saturated carbocycles. The third kappa shape index (κ3) is 4.43. The maximum Gasteiger partial charge on any atom is 0.191 e. The number of benzene rings is 3. The lowest BCUT2D eigenvalue weighted by Crippen LogP contribution is -2.06. The van der Waals surface area contributed by atoms with Gasteiger partial charge in [-0.25, -0.2) is 14.4 Å². The molecule has 0 aliphatic carbocycles. The highest BCUT2D eigenvalue weighted by Crippen LogP contribution is 2.27. The van der Waals surface area contributed by atoms with Gasteiger partial charge >= 0.3 is 0 Å². The van der Waals surface area contributed by atoms with Crippen molar-refractivity contribution in [1.82, 2.24) is 9.97 Å². The van der Waals surface area contributed by atoms with Crippen molar-refractivity contribution in [3.8, 4) is 11.3 Å². The Morgan fingerprint density at radius 2 is 1.81 bits per heavy atom. The minimum absolute atomic E-state index is 0.170. The molecule has 0 aliphatic rings. The van der Waals surface area contributed by atoms with Gasteiger partial charge in [-0.05, 0) is 40.2 Å². The number of allylic oxidation sites excluding steroid dienone is 1. The van der Waals surface area contributed by atoms with Crippen molar-refractivity contribution < 1.29 is 4.39 Å². The molecule has 0 amide bonds. The van der Waals surface area contributed by atoms with Crippen LogP contribution in [0.4, 0.5) is 10.2 Å². The fraction of sp³-hybridized carbons (Fsp3) is 0.0800. The lowest BCUT2D eigenvalue weighted by atomic mass is 10.0. The van der Waals surface area contributed by atoms with E-state index >= 15 is 4.39 Å². The second-order valence-corrected chi connectivity index (χ2v) is 6.97. The van der Waals surface area contributed by atoms with Gasteiger partial charge in [0.1, 0.15) is 12.0 Å². The van der Waals surface area contributed by atoms with Crippen molar-refractivity contribution in [2.45, 2.75) is 6.54 Å². The van der Waals surface area contributed by atoms with E-state index in [0.29, 0.717) is 12.1 Å². The number of rotatable bonds is 6. The quantitative estimate of drug-likeness (QED) is 0.441. The first-order valence-corrected chi connectivity index (χ1v) is 9.87. The summed E-state index contributed by atoms with van der Waals surface area (Å²) in [5.41, 5.74) is 9.19. The summed E-state index contributed by atoms with van der Waals surface area (Å²) in [6.45, 7) is 0.427. The molecule has 4 aromatic rings. The van der Waals surface area contributed by atoms with Crippen LogP contribution in [0.3, 0.4) is 0 Å². The van der Waals surface area contributed by atoms with Gasteiger partial charge < -0.3 is 11.1 Å². The summed E-state index contributed by atoms with van der Waals surface area (Å²) < 4.78 is 15.1. The van der Waals surface area contributed by atoms with Gasteiger partial charge in [-0.1, -0.05) is 60.7 Å². The first kappa shape index (κ1) is 20.2. The molecule has 0 bridgehead atoms. The second kappa shape index (κ2) is 9.17. The number of hydrogen-bond donors (Lipinski definition) is 2. The smallest absolute Gasteiger partial charge is 0.191 e. The minimum Gasteiger partial charge on any atom is -0.405 e. The van der Waals surface area contributed by atoms with Crippen LogP contribution >= 0.6 is 0 Å². The van der Waals surface area contributed by atoms with Crippen molar-refractivity contribution in [2.24, 2.45) is 10.7 Å². The zero-order valence-corrected chi connectivity index (χ0v) is 17.1. The number of aliphatic imine (C=N–C) groups is 1. The van der Waals surface area contributed by atoms with Gasteiger partial charge in [0.15, 0.2) is 11.6 Å². The van der Waals surface area contributed by atoms with Crippen molar-refractivity contribution >= 4 is 22.3 Å². The highest BCUT2D eigenvalue weighted by Gasteiger charge is 2.13. The van der Waals surface area contributed by atoms with Gasteiger partial charge in [-0.2, -0.15) is 0 Å². The Morgan fingerprint density at radius 3 is 2.55 bits per heavy atom. The van der Waals surface area contributed by atoms with Crippen molar-refractivity contribution in [3.63, 3.8) is 0 Å². The van der Waals surface area contributed by atoms with Gasteiger partial charge in [0.2, 0.25) is 0 Å². The molecule has 4 rings (SSSR count). The average Bonchev–Trinajstić information content (AvgIpc) is 2.82. The average molecular weight is 411 g/mol. The Kier molecular flexibility index (Phi) is 5.98. The minimum atomic E-state index is -0.470. The summed E-state index contributed by atoms with van der Waals surface area (Å²) in [6.07, 6.45) is 4.59. The summed E-state index contributed by atoms with van der Waals surface area (Å²) in [5.74, 6) is -0.299. The second-order valence-electron chi connectivity index (χ2n) is 6.97. The molecule has 0 aliphatic heterocycles. The highest BCUT2D eigenvalue weighted by atomic mass is 19.1. The lowest BCUT2D eigenvalue weighted by Gasteiger charge is -2.10. The topological polar surface area (TPSA) is 76.2 Å². The molecule has 0 fully saturated rings. The van der Waals surface area contributed by atoms with Crippen molar-refractivity contribution in [2.75, 3.05) is 12.4 Å². The van der Waals surface area contributed by atoms with Crippen LogP contribution in [0.5, 0.6) is 0 Å². The van der Waals surface area contributed by atoms with E-state index in [1.807, 2.05) is 66.7 Å². The van der Waals surface area contributed by atoms with Gasteiger partial charge in [0, 0.05) is 19.2 Å². The molecule has 3 aromatic carbocycles. The van der Waals surface area contributed by atoms with E-state index < -0.39 is 5.82 Å². The predicted molar refractivity (Wildman–Crippen MR) is 124 cm³/mol.